The van der Waals surface area contributed by atoms with E-state index in [1.807, 2.05) is 0 Å². The summed E-state index contributed by atoms with van der Waals surface area (Å²) >= 11 is 0. The first-order valence-electron chi connectivity index (χ1n) is 42.9. The molecule has 0 amide bonds. The van der Waals surface area contributed by atoms with Crippen molar-refractivity contribution >= 4 is 77.7 Å². The summed E-state index contributed by atoms with van der Waals surface area (Å²) in [6, 6.07) is 166. The van der Waals surface area contributed by atoms with Crippen LogP contribution >= 0.6 is 0 Å². The molecule has 2 aromatic heterocycles. The molecule has 4 nitrogen and oxygen atoms in total. The summed E-state index contributed by atoms with van der Waals surface area (Å²) in [6.45, 7) is 4.72. The number of para-hydroxylation sites is 7. The van der Waals surface area contributed by atoms with E-state index in [2.05, 4.69) is 482 Å². The minimum atomic E-state index is -0.461. The van der Waals surface area contributed by atoms with E-state index in [1.165, 1.54) is 189 Å². The lowest BCUT2D eigenvalue weighted by Crippen LogP contribution is -2.33. The fraction of sp³-hybridized carbons (Fsp3) is 0.0420. The minimum Gasteiger partial charge on any atom is -0.311 e. The van der Waals surface area contributed by atoms with Crippen LogP contribution in [-0.4, -0.2) is 9.13 Å². The fourth-order valence-corrected chi connectivity index (χ4v) is 22.3. The van der Waals surface area contributed by atoms with Gasteiger partial charge in [-0.3, -0.25) is 0 Å². The van der Waals surface area contributed by atoms with Crippen molar-refractivity contribution < 1.29 is 0 Å². The van der Waals surface area contributed by atoms with Gasteiger partial charge in [0.15, 0.2) is 0 Å². The van der Waals surface area contributed by atoms with Crippen molar-refractivity contribution in [1.29, 1.82) is 0 Å². The van der Waals surface area contributed by atoms with Crippen LogP contribution in [-0.2, 0) is 16.2 Å². The number of fused-ring (bicyclic) bond motifs is 27. The third-order valence-electron chi connectivity index (χ3n) is 27.6. The van der Waals surface area contributed by atoms with Crippen molar-refractivity contribution in [3.05, 3.63) is 505 Å². The number of benzene rings is 19. The lowest BCUT2D eigenvalue weighted by atomic mass is 9.65. The number of anilines is 6. The van der Waals surface area contributed by atoms with Crippen molar-refractivity contribution in [2.45, 2.75) is 30.1 Å². The van der Waals surface area contributed by atoms with Gasteiger partial charge in [0.1, 0.15) is 0 Å². The molecule has 576 valence electrons. The number of rotatable bonds is 10. The van der Waals surface area contributed by atoms with Gasteiger partial charge >= 0.3 is 0 Å². The maximum Gasteiger partial charge on any atom is 0.0754 e. The Bertz CT molecular complexity index is 7870. The van der Waals surface area contributed by atoms with Crippen LogP contribution in [0.3, 0.4) is 0 Å². The third kappa shape index (κ3) is 10.2. The second-order valence-corrected chi connectivity index (χ2v) is 34.1. The maximum absolute atomic E-state index is 2.51. The summed E-state index contributed by atoms with van der Waals surface area (Å²) in [5, 5.41) is 5.19. The van der Waals surface area contributed by atoms with Gasteiger partial charge in [0.25, 0.3) is 0 Å². The van der Waals surface area contributed by atoms with Crippen molar-refractivity contribution in [1.82, 2.24) is 9.13 Å². The summed E-state index contributed by atoms with van der Waals surface area (Å²) in [5.74, 6) is 0. The molecule has 0 bridgehead atoms. The first-order valence-corrected chi connectivity index (χ1v) is 42.9. The zero-order chi connectivity index (χ0) is 81.2. The second-order valence-electron chi connectivity index (χ2n) is 34.1. The smallest absolute Gasteiger partial charge is 0.0754 e. The molecule has 21 aromatic rings. The Hall–Kier alpha value is -15.6. The molecule has 26 rings (SSSR count). The second kappa shape index (κ2) is 27.2. The molecule has 3 aliphatic carbocycles. The van der Waals surface area contributed by atoms with E-state index in [4.69, 9.17) is 0 Å². The largest absolute Gasteiger partial charge is 0.311 e. The van der Waals surface area contributed by atoms with Gasteiger partial charge in [-0.05, 0) is 243 Å². The van der Waals surface area contributed by atoms with Crippen LogP contribution in [0.25, 0.3) is 133 Å². The Morgan fingerprint density at radius 1 is 0.179 bits per heavy atom. The van der Waals surface area contributed by atoms with Crippen LogP contribution in [0.2, 0.25) is 0 Å². The number of hydrogen-bond acceptors (Lipinski definition) is 2. The van der Waals surface area contributed by atoms with E-state index < -0.39 is 10.8 Å². The zero-order valence-electron chi connectivity index (χ0n) is 68.0. The van der Waals surface area contributed by atoms with E-state index >= 15 is 0 Å². The topological polar surface area (TPSA) is 16.3 Å². The molecule has 0 saturated heterocycles. The van der Waals surface area contributed by atoms with Gasteiger partial charge in [-0.1, -0.05) is 354 Å². The van der Waals surface area contributed by atoms with E-state index in [9.17, 15) is 0 Å². The van der Waals surface area contributed by atoms with Crippen molar-refractivity contribution in [2.75, 3.05) is 9.80 Å². The first-order chi connectivity index (χ1) is 60.8. The molecule has 2 aliphatic heterocycles. The molecule has 2 atom stereocenters. The van der Waals surface area contributed by atoms with Gasteiger partial charge in [0.2, 0.25) is 0 Å². The lowest BCUT2D eigenvalue weighted by Gasteiger charge is -2.39. The fourth-order valence-electron chi connectivity index (χ4n) is 22.3. The minimum absolute atomic E-state index is 0.107. The standard InChI is InChI=1S/C64H44N2.C55H36N2/c1-63(2)54-21-9-6-17-48(54)50-37-36-47(40-59(50)63)65(45-32-27-42(28-33-45)41-15-4-3-5-16-41)46-34-29-43(30-35-46)44-31-38-56-53(39-44)49-18-7-10-22-55(49)64(56)57-23-11-13-26-61(57)66-60-25-12-8-19-51(60)52-20-14-24-58(64)62(52)66;1-3-14-37(15-4-1)38-26-31-42(32-27-38)56(41-16-5-2-6-17-41)43-33-28-39(29-34-43)40-30-35-49-47(36-40)44-18-7-9-21-48(44)55(49)50-22-10-12-25-53(50)57-52-24-11-8-19-45(52)46-20-13-23-51(55)54(46)57/h3-40H,1-2H3;1-36H. The molecule has 0 saturated carbocycles. The highest BCUT2D eigenvalue weighted by Gasteiger charge is 2.53. The van der Waals surface area contributed by atoms with Gasteiger partial charge in [-0.2, -0.15) is 0 Å². The van der Waals surface area contributed by atoms with Crippen molar-refractivity contribution in [3.63, 3.8) is 0 Å². The van der Waals surface area contributed by atoms with Gasteiger partial charge in [-0.15, -0.1) is 0 Å². The van der Waals surface area contributed by atoms with Gasteiger partial charge in [0, 0.05) is 61.1 Å². The molecule has 0 N–H and O–H groups in total. The predicted molar refractivity (Wildman–Crippen MR) is 512 cm³/mol. The van der Waals surface area contributed by atoms with Crippen LogP contribution in [0.15, 0.2) is 449 Å². The molecule has 2 unspecified atom stereocenters. The summed E-state index contributed by atoms with van der Waals surface area (Å²) in [6.07, 6.45) is 0. The highest BCUT2D eigenvalue weighted by atomic mass is 15.1. The summed E-state index contributed by atoms with van der Waals surface area (Å²) in [4.78, 5) is 4.75. The van der Waals surface area contributed by atoms with Crippen LogP contribution in [0.1, 0.15) is 69.5 Å². The Balaban J connectivity index is 0.000000137. The summed E-state index contributed by atoms with van der Waals surface area (Å²) < 4.78 is 5.02. The quantitative estimate of drug-likeness (QED) is 0.136. The third-order valence-corrected chi connectivity index (χ3v) is 27.6. The number of hydrogen-bond donors (Lipinski definition) is 0. The zero-order valence-corrected chi connectivity index (χ0v) is 68.0. The SMILES string of the molecule is CC1(C)c2ccccc2-c2ccc(N(c3ccc(-c4ccccc4)cc3)c3ccc(-c4ccc5c(c4)-c4ccccc4C54c5ccccc5-n5c6ccccc6c6cccc4c65)cc3)cc21.c1ccc(-c2ccc(N(c3ccccc3)c3ccc(-c4ccc5c(c4)-c4ccccc4C54c5ccccc5-n5c6ccccc6c6cccc4c65)cc3)cc2)cc1. The van der Waals surface area contributed by atoms with Crippen LogP contribution in [0.4, 0.5) is 34.1 Å². The molecule has 5 aliphatic rings. The van der Waals surface area contributed by atoms with Crippen molar-refractivity contribution in [2.24, 2.45) is 0 Å². The molecule has 4 heteroatoms. The first kappa shape index (κ1) is 70.4. The Morgan fingerprint density at radius 3 is 0.919 bits per heavy atom. The van der Waals surface area contributed by atoms with E-state index in [-0.39, 0.29) is 5.41 Å². The molecule has 19 aromatic carbocycles. The van der Waals surface area contributed by atoms with Gasteiger partial charge in [-0.25, -0.2) is 0 Å². The molecule has 0 fully saturated rings. The average molecular weight is 1570 g/mol. The predicted octanol–water partition coefficient (Wildman–Crippen LogP) is 30.8. The highest BCUT2D eigenvalue weighted by molar-refractivity contribution is 6.15. The normalized spacial score (nSPS) is 15.2. The van der Waals surface area contributed by atoms with Crippen LogP contribution in [0.5, 0.6) is 0 Å². The Labute approximate surface area is 715 Å². The van der Waals surface area contributed by atoms with Crippen molar-refractivity contribution in [3.8, 4) is 89.3 Å². The van der Waals surface area contributed by atoms with E-state index in [1.54, 1.807) is 0 Å². The lowest BCUT2D eigenvalue weighted by molar-refractivity contribution is 0.660. The highest BCUT2D eigenvalue weighted by Crippen LogP contribution is 2.64. The molecule has 123 heavy (non-hydrogen) atoms. The number of nitrogens with zero attached hydrogens (tertiary/aromatic N) is 4. The average Bonchev–Trinajstić information content (AvgIpc) is 1.51. The van der Waals surface area contributed by atoms with Crippen LogP contribution < -0.4 is 9.80 Å². The number of aromatic nitrogens is 2. The Morgan fingerprint density at radius 2 is 0.472 bits per heavy atom. The molecule has 2 spiro atoms. The van der Waals surface area contributed by atoms with Gasteiger partial charge < -0.3 is 18.9 Å². The van der Waals surface area contributed by atoms with Crippen LogP contribution in [0, 0.1) is 0 Å². The molecule has 0 radical (unpaired) electrons. The molecular weight excluding hydrogens is 1490 g/mol. The molecule has 4 heterocycles. The van der Waals surface area contributed by atoms with E-state index in [0.29, 0.717) is 0 Å². The monoisotopic (exact) mass is 1560 g/mol. The summed E-state index contributed by atoms with van der Waals surface area (Å²) in [7, 11) is 0. The summed E-state index contributed by atoms with van der Waals surface area (Å²) in [5.41, 5.74) is 44.3. The van der Waals surface area contributed by atoms with E-state index in [0.717, 1.165) is 34.1 Å². The maximum atomic E-state index is 2.51. The molecular formula is C119H80N4. The van der Waals surface area contributed by atoms with Gasteiger partial charge in [0.05, 0.1) is 44.3 Å². The Kier molecular flexibility index (Phi) is 15.6.